The second kappa shape index (κ2) is 6.41. The van der Waals surface area contributed by atoms with Crippen LogP contribution in [0.5, 0.6) is 0 Å². The van der Waals surface area contributed by atoms with E-state index in [1.54, 1.807) is 0 Å². The van der Waals surface area contributed by atoms with Crippen molar-refractivity contribution in [3.8, 4) is 6.07 Å². The van der Waals surface area contributed by atoms with Gasteiger partial charge in [-0.15, -0.1) is 0 Å². The average Bonchev–Trinajstić information content (AvgIpc) is 2.83. The molecule has 1 unspecified atom stereocenters. The molecule has 4 heteroatoms. The second-order valence-electron chi connectivity index (χ2n) is 4.29. The predicted molar refractivity (Wildman–Crippen MR) is 68.5 cm³/mol. The van der Waals surface area contributed by atoms with Crippen LogP contribution in [0.25, 0.3) is 0 Å². The first-order chi connectivity index (χ1) is 8.21. The first-order valence-electron chi connectivity index (χ1n) is 6.31. The van der Waals surface area contributed by atoms with Crippen molar-refractivity contribution in [1.29, 1.82) is 5.26 Å². The van der Waals surface area contributed by atoms with E-state index in [1.165, 1.54) is 0 Å². The number of aromatic nitrogens is 2. The molecule has 94 valence electrons. The fraction of sp³-hybridized carbons (Fsp3) is 0.692. The van der Waals surface area contributed by atoms with Crippen molar-refractivity contribution >= 4 is 0 Å². The number of imidazole rings is 1. The minimum Gasteiger partial charge on any atom is -0.335 e. The molecular formula is C13H22N4. The molecule has 1 heterocycles. The fourth-order valence-corrected chi connectivity index (χ4v) is 2.08. The molecule has 1 N–H and O–H groups in total. The van der Waals surface area contributed by atoms with Crippen molar-refractivity contribution in [1.82, 2.24) is 14.9 Å². The first kappa shape index (κ1) is 13.7. The van der Waals surface area contributed by atoms with Gasteiger partial charge in [-0.05, 0) is 26.3 Å². The van der Waals surface area contributed by atoms with Crippen LogP contribution in [-0.4, -0.2) is 22.1 Å². The second-order valence-corrected chi connectivity index (χ2v) is 4.29. The zero-order chi connectivity index (χ0) is 12.7. The lowest BCUT2D eigenvalue weighted by atomic mass is 9.92. The third-order valence-corrected chi connectivity index (χ3v) is 3.42. The Morgan fingerprint density at radius 3 is 2.82 bits per heavy atom. The van der Waals surface area contributed by atoms with Gasteiger partial charge >= 0.3 is 0 Å². The van der Waals surface area contributed by atoms with E-state index in [9.17, 15) is 5.26 Å². The van der Waals surface area contributed by atoms with Gasteiger partial charge in [0.15, 0.2) is 0 Å². The summed E-state index contributed by atoms with van der Waals surface area (Å²) in [5.74, 6) is 1.12. The van der Waals surface area contributed by atoms with Gasteiger partial charge in [-0.25, -0.2) is 4.98 Å². The van der Waals surface area contributed by atoms with Crippen LogP contribution in [0.15, 0.2) is 12.4 Å². The Hall–Kier alpha value is -1.34. The molecule has 1 aromatic rings. The number of hydrogen-bond donors (Lipinski definition) is 1. The molecule has 0 aromatic carbocycles. The van der Waals surface area contributed by atoms with E-state index in [0.29, 0.717) is 0 Å². The van der Waals surface area contributed by atoms with E-state index in [4.69, 9.17) is 0 Å². The monoisotopic (exact) mass is 234 g/mol. The standard InChI is InChI=1S/C13H22N4/c1-4-12-16-8-10-17(12)9-6-7-13(5-2,11-14)15-3/h8,10,15H,4-7,9H2,1-3H3. The molecule has 0 aliphatic rings. The molecule has 0 bridgehead atoms. The molecule has 0 saturated carbocycles. The van der Waals surface area contributed by atoms with E-state index >= 15 is 0 Å². The number of nitrogens with one attached hydrogen (secondary N) is 1. The highest BCUT2D eigenvalue weighted by Gasteiger charge is 2.24. The molecule has 0 spiro atoms. The summed E-state index contributed by atoms with van der Waals surface area (Å²) in [7, 11) is 1.86. The minimum absolute atomic E-state index is 0.368. The lowest BCUT2D eigenvalue weighted by molar-refractivity contribution is 0.379. The number of nitrogens with zero attached hydrogens (tertiary/aromatic N) is 3. The summed E-state index contributed by atoms with van der Waals surface area (Å²) in [5.41, 5.74) is -0.368. The Kier molecular flexibility index (Phi) is 5.17. The summed E-state index contributed by atoms with van der Waals surface area (Å²) in [5, 5.41) is 12.3. The molecule has 0 aliphatic heterocycles. The molecule has 4 nitrogen and oxygen atoms in total. The van der Waals surface area contributed by atoms with Crippen molar-refractivity contribution in [3.05, 3.63) is 18.2 Å². The van der Waals surface area contributed by atoms with E-state index in [1.807, 2.05) is 19.4 Å². The predicted octanol–water partition coefficient (Wildman–Crippen LogP) is 2.12. The molecule has 1 aromatic heterocycles. The Bertz CT molecular complexity index is 371. The molecule has 0 amide bonds. The number of rotatable bonds is 7. The summed E-state index contributed by atoms with van der Waals surface area (Å²) in [6.45, 7) is 5.10. The molecule has 1 rings (SSSR count). The van der Waals surface area contributed by atoms with E-state index in [0.717, 1.165) is 38.1 Å². The van der Waals surface area contributed by atoms with Gasteiger partial charge in [-0.3, -0.25) is 0 Å². The van der Waals surface area contributed by atoms with Gasteiger partial charge in [-0.2, -0.15) is 5.26 Å². The van der Waals surface area contributed by atoms with Crippen LogP contribution in [0.4, 0.5) is 0 Å². The third kappa shape index (κ3) is 3.31. The van der Waals surface area contributed by atoms with Crippen LogP contribution in [0, 0.1) is 11.3 Å². The highest BCUT2D eigenvalue weighted by molar-refractivity contribution is 5.05. The van der Waals surface area contributed by atoms with Gasteiger partial charge in [0.2, 0.25) is 0 Å². The van der Waals surface area contributed by atoms with Crippen molar-refractivity contribution in [3.63, 3.8) is 0 Å². The third-order valence-electron chi connectivity index (χ3n) is 3.42. The van der Waals surface area contributed by atoms with Gasteiger partial charge in [0, 0.05) is 25.4 Å². The largest absolute Gasteiger partial charge is 0.335 e. The van der Waals surface area contributed by atoms with Gasteiger partial charge in [0.1, 0.15) is 11.4 Å². The molecule has 0 saturated heterocycles. The number of hydrogen-bond acceptors (Lipinski definition) is 3. The zero-order valence-corrected chi connectivity index (χ0v) is 11.0. The lowest BCUT2D eigenvalue weighted by Gasteiger charge is -2.24. The minimum atomic E-state index is -0.368. The topological polar surface area (TPSA) is 53.6 Å². The molecular weight excluding hydrogens is 212 g/mol. The summed E-state index contributed by atoms with van der Waals surface area (Å²) in [6.07, 6.45) is 7.51. The quantitative estimate of drug-likeness (QED) is 0.786. The van der Waals surface area contributed by atoms with E-state index in [-0.39, 0.29) is 5.54 Å². The fourth-order valence-electron chi connectivity index (χ4n) is 2.08. The highest BCUT2D eigenvalue weighted by Crippen LogP contribution is 2.16. The van der Waals surface area contributed by atoms with Crippen molar-refractivity contribution in [2.75, 3.05) is 7.05 Å². The van der Waals surface area contributed by atoms with Gasteiger partial charge < -0.3 is 9.88 Å². The van der Waals surface area contributed by atoms with E-state index < -0.39 is 0 Å². The normalized spacial score (nSPS) is 14.2. The summed E-state index contributed by atoms with van der Waals surface area (Å²) in [4.78, 5) is 4.29. The Balaban J connectivity index is 2.50. The maximum atomic E-state index is 9.20. The number of nitriles is 1. The SMILES string of the molecule is CCc1nccn1CCCC(C#N)(CC)NC. The van der Waals surface area contributed by atoms with Crippen LogP contribution in [0.1, 0.15) is 38.9 Å². The smallest absolute Gasteiger partial charge is 0.108 e. The zero-order valence-electron chi connectivity index (χ0n) is 11.0. The summed E-state index contributed by atoms with van der Waals surface area (Å²) in [6, 6.07) is 2.39. The molecule has 0 radical (unpaired) electrons. The van der Waals surface area contributed by atoms with Crippen LogP contribution >= 0.6 is 0 Å². The molecule has 1 atom stereocenters. The first-order valence-corrected chi connectivity index (χ1v) is 6.31. The Labute approximate surface area is 104 Å². The number of aryl methyl sites for hydroxylation is 2. The van der Waals surface area contributed by atoms with Gasteiger partial charge in [-0.1, -0.05) is 13.8 Å². The lowest BCUT2D eigenvalue weighted by Crippen LogP contribution is -2.40. The summed E-state index contributed by atoms with van der Waals surface area (Å²) < 4.78 is 2.17. The maximum Gasteiger partial charge on any atom is 0.108 e. The van der Waals surface area contributed by atoms with Gasteiger partial charge in [0.05, 0.1) is 6.07 Å². The maximum absolute atomic E-state index is 9.20. The van der Waals surface area contributed by atoms with Crippen LogP contribution < -0.4 is 5.32 Å². The van der Waals surface area contributed by atoms with Crippen molar-refractivity contribution in [2.24, 2.45) is 0 Å². The molecule has 0 fully saturated rings. The van der Waals surface area contributed by atoms with E-state index in [2.05, 4.69) is 34.8 Å². The van der Waals surface area contributed by atoms with Crippen LogP contribution in [0.3, 0.4) is 0 Å². The van der Waals surface area contributed by atoms with Gasteiger partial charge in [0.25, 0.3) is 0 Å². The van der Waals surface area contributed by atoms with Crippen molar-refractivity contribution in [2.45, 2.75) is 51.6 Å². The Morgan fingerprint density at radius 1 is 1.53 bits per heavy atom. The Morgan fingerprint density at radius 2 is 2.29 bits per heavy atom. The van der Waals surface area contributed by atoms with Crippen LogP contribution in [0.2, 0.25) is 0 Å². The summed E-state index contributed by atoms with van der Waals surface area (Å²) >= 11 is 0. The molecule has 17 heavy (non-hydrogen) atoms. The molecule has 0 aliphatic carbocycles. The average molecular weight is 234 g/mol. The van der Waals surface area contributed by atoms with Crippen LogP contribution in [-0.2, 0) is 13.0 Å². The van der Waals surface area contributed by atoms with Crippen molar-refractivity contribution < 1.29 is 0 Å². The highest BCUT2D eigenvalue weighted by atomic mass is 15.1.